The maximum absolute atomic E-state index is 12.9. The van der Waals surface area contributed by atoms with Crippen LogP contribution in [0.4, 0.5) is 4.79 Å². The second kappa shape index (κ2) is 8.57. The van der Waals surface area contributed by atoms with E-state index in [0.29, 0.717) is 22.8 Å². The van der Waals surface area contributed by atoms with Crippen LogP contribution in [0.3, 0.4) is 0 Å². The fourth-order valence-corrected chi connectivity index (χ4v) is 2.70. The fourth-order valence-electron chi connectivity index (χ4n) is 2.52. The minimum atomic E-state index is -0.856. The van der Waals surface area contributed by atoms with E-state index in [-0.39, 0.29) is 18.9 Å². The molecule has 0 atom stereocenters. The Balaban J connectivity index is 2.71. The largest absolute Gasteiger partial charge is 0.461 e. The molecule has 26 heavy (non-hydrogen) atoms. The third kappa shape index (κ3) is 3.91. The predicted octanol–water partition coefficient (Wildman–Crippen LogP) is 2.73. The molecule has 9 heteroatoms. The molecule has 0 bridgehead atoms. The number of esters is 1. The SMILES string of the molecule is CCOC(=O)Nn1c(C(=O)OCC)c(CC)n(-c2cccc(Cl)c2)c1=O. The lowest BCUT2D eigenvalue weighted by Crippen LogP contribution is -2.36. The van der Waals surface area contributed by atoms with Crippen molar-refractivity contribution in [3.63, 3.8) is 0 Å². The number of hydrogen-bond donors (Lipinski definition) is 1. The lowest BCUT2D eigenvalue weighted by atomic mass is 10.2. The average molecular weight is 382 g/mol. The van der Waals surface area contributed by atoms with Crippen LogP contribution in [0.15, 0.2) is 29.1 Å². The Kier molecular flexibility index (Phi) is 6.46. The molecule has 0 aliphatic rings. The van der Waals surface area contributed by atoms with Crippen molar-refractivity contribution in [3.05, 3.63) is 51.2 Å². The van der Waals surface area contributed by atoms with Crippen LogP contribution in [-0.2, 0) is 15.9 Å². The van der Waals surface area contributed by atoms with E-state index >= 15 is 0 Å². The molecule has 0 spiro atoms. The van der Waals surface area contributed by atoms with Gasteiger partial charge in [-0.2, -0.15) is 4.68 Å². The van der Waals surface area contributed by atoms with E-state index in [1.807, 2.05) is 0 Å². The second-order valence-electron chi connectivity index (χ2n) is 5.13. The molecule has 1 N–H and O–H groups in total. The first-order valence-electron chi connectivity index (χ1n) is 8.17. The highest BCUT2D eigenvalue weighted by Crippen LogP contribution is 2.19. The first-order valence-corrected chi connectivity index (χ1v) is 8.55. The van der Waals surface area contributed by atoms with Crippen LogP contribution in [-0.4, -0.2) is 34.5 Å². The van der Waals surface area contributed by atoms with E-state index in [2.05, 4.69) is 5.43 Å². The molecule has 8 nitrogen and oxygen atoms in total. The van der Waals surface area contributed by atoms with Gasteiger partial charge < -0.3 is 9.47 Å². The molecule has 0 radical (unpaired) electrons. The summed E-state index contributed by atoms with van der Waals surface area (Å²) >= 11 is 6.02. The molecule has 1 aromatic heterocycles. The monoisotopic (exact) mass is 381 g/mol. The summed E-state index contributed by atoms with van der Waals surface area (Å²) in [6, 6.07) is 6.62. The molecule has 0 aliphatic heterocycles. The lowest BCUT2D eigenvalue weighted by molar-refractivity contribution is 0.0514. The van der Waals surface area contributed by atoms with E-state index in [4.69, 9.17) is 21.1 Å². The number of nitrogens with one attached hydrogen (secondary N) is 1. The minimum absolute atomic E-state index is 0.0626. The van der Waals surface area contributed by atoms with Gasteiger partial charge in [0.05, 0.1) is 24.6 Å². The molecular formula is C17H20ClN3O5. The van der Waals surface area contributed by atoms with Crippen LogP contribution >= 0.6 is 11.6 Å². The van der Waals surface area contributed by atoms with Gasteiger partial charge in [-0.05, 0) is 38.5 Å². The summed E-state index contributed by atoms with van der Waals surface area (Å²) in [4.78, 5) is 37.2. The molecule has 2 aromatic rings. The predicted molar refractivity (Wildman–Crippen MR) is 96.8 cm³/mol. The highest BCUT2D eigenvalue weighted by Gasteiger charge is 2.27. The molecule has 2 rings (SSSR count). The number of carbonyl (C=O) groups is 2. The third-order valence-corrected chi connectivity index (χ3v) is 3.73. The van der Waals surface area contributed by atoms with Gasteiger partial charge in [0, 0.05) is 5.02 Å². The number of rotatable bonds is 6. The molecule has 1 amide bonds. The first-order chi connectivity index (χ1) is 12.4. The van der Waals surface area contributed by atoms with Crippen LogP contribution < -0.4 is 11.1 Å². The zero-order chi connectivity index (χ0) is 19.3. The van der Waals surface area contributed by atoms with Crippen molar-refractivity contribution in [1.29, 1.82) is 0 Å². The summed E-state index contributed by atoms with van der Waals surface area (Å²) in [7, 11) is 0. The van der Waals surface area contributed by atoms with Crippen LogP contribution in [0, 0.1) is 0 Å². The Labute approximate surface area is 155 Å². The Morgan fingerprint density at radius 2 is 1.85 bits per heavy atom. The molecule has 140 valence electrons. The second-order valence-corrected chi connectivity index (χ2v) is 5.57. The Morgan fingerprint density at radius 1 is 1.15 bits per heavy atom. The number of benzene rings is 1. The molecular weight excluding hydrogens is 362 g/mol. The number of nitrogens with zero attached hydrogens (tertiary/aromatic N) is 2. The highest BCUT2D eigenvalue weighted by atomic mass is 35.5. The lowest BCUT2D eigenvalue weighted by Gasteiger charge is -2.09. The van der Waals surface area contributed by atoms with E-state index in [1.165, 1.54) is 4.57 Å². The molecule has 1 heterocycles. The van der Waals surface area contributed by atoms with Gasteiger partial charge in [-0.1, -0.05) is 24.6 Å². The Morgan fingerprint density at radius 3 is 2.42 bits per heavy atom. The molecule has 0 saturated heterocycles. The molecule has 1 aromatic carbocycles. The van der Waals surface area contributed by atoms with E-state index in [1.54, 1.807) is 45.0 Å². The minimum Gasteiger partial charge on any atom is -0.461 e. The number of ether oxygens (including phenoxy) is 2. The van der Waals surface area contributed by atoms with Crippen LogP contribution in [0.5, 0.6) is 0 Å². The van der Waals surface area contributed by atoms with E-state index < -0.39 is 17.8 Å². The van der Waals surface area contributed by atoms with Crippen molar-refractivity contribution in [2.45, 2.75) is 27.2 Å². The van der Waals surface area contributed by atoms with Gasteiger partial charge in [-0.25, -0.2) is 19.8 Å². The highest BCUT2D eigenvalue weighted by molar-refractivity contribution is 6.30. The van der Waals surface area contributed by atoms with Crippen LogP contribution in [0.25, 0.3) is 5.69 Å². The fraction of sp³-hybridized carbons (Fsp3) is 0.353. The van der Waals surface area contributed by atoms with Gasteiger partial charge >= 0.3 is 17.8 Å². The molecule has 0 fully saturated rings. The van der Waals surface area contributed by atoms with Gasteiger partial charge in [0.1, 0.15) is 0 Å². The zero-order valence-electron chi connectivity index (χ0n) is 14.7. The van der Waals surface area contributed by atoms with Crippen molar-refractivity contribution in [3.8, 4) is 5.69 Å². The van der Waals surface area contributed by atoms with Crippen LogP contribution in [0.1, 0.15) is 37.0 Å². The van der Waals surface area contributed by atoms with Crippen LogP contribution in [0.2, 0.25) is 5.02 Å². The van der Waals surface area contributed by atoms with Crippen molar-refractivity contribution in [2.24, 2.45) is 0 Å². The van der Waals surface area contributed by atoms with Gasteiger partial charge in [0.15, 0.2) is 5.69 Å². The summed E-state index contributed by atoms with van der Waals surface area (Å²) in [5, 5.41) is 0.431. The summed E-state index contributed by atoms with van der Waals surface area (Å²) in [5.41, 5.74) is 2.43. The van der Waals surface area contributed by atoms with Crippen molar-refractivity contribution in [1.82, 2.24) is 9.24 Å². The Hall–Kier alpha value is -2.74. The zero-order valence-corrected chi connectivity index (χ0v) is 15.5. The number of halogens is 1. The average Bonchev–Trinajstić information content (AvgIpc) is 2.87. The summed E-state index contributed by atoms with van der Waals surface area (Å²) in [6.07, 6.45) is -0.515. The van der Waals surface area contributed by atoms with Crippen molar-refractivity contribution >= 4 is 23.7 Å². The Bertz CT molecular complexity index is 872. The quantitative estimate of drug-likeness (QED) is 0.777. The summed E-state index contributed by atoms with van der Waals surface area (Å²) in [5.74, 6) is -0.723. The number of amides is 1. The normalized spacial score (nSPS) is 10.5. The van der Waals surface area contributed by atoms with Gasteiger partial charge in [0.2, 0.25) is 0 Å². The summed E-state index contributed by atoms with van der Waals surface area (Å²) < 4.78 is 12.0. The number of imidazole rings is 1. The maximum Gasteiger partial charge on any atom is 0.426 e. The van der Waals surface area contributed by atoms with Crippen molar-refractivity contribution < 1.29 is 19.1 Å². The molecule has 0 unspecified atom stereocenters. The summed E-state index contributed by atoms with van der Waals surface area (Å²) in [6.45, 7) is 5.30. The van der Waals surface area contributed by atoms with Gasteiger partial charge in [-0.15, -0.1) is 0 Å². The first kappa shape index (κ1) is 19.6. The third-order valence-electron chi connectivity index (χ3n) is 3.50. The maximum atomic E-state index is 12.9. The van der Waals surface area contributed by atoms with Gasteiger partial charge in [-0.3, -0.25) is 4.57 Å². The van der Waals surface area contributed by atoms with E-state index in [9.17, 15) is 14.4 Å². The molecule has 0 aliphatic carbocycles. The van der Waals surface area contributed by atoms with Crippen molar-refractivity contribution in [2.75, 3.05) is 18.6 Å². The number of carbonyl (C=O) groups excluding carboxylic acids is 2. The standard InChI is InChI=1S/C17H20ClN3O5/c1-4-13-14(15(22)25-5-2)21(19-16(23)26-6-3)17(24)20(13)12-9-7-8-11(18)10-12/h7-10H,4-6H2,1-3H3,(H,19,23). The van der Waals surface area contributed by atoms with E-state index in [0.717, 1.165) is 4.68 Å². The topological polar surface area (TPSA) is 91.6 Å². The number of hydrogen-bond acceptors (Lipinski definition) is 5. The van der Waals surface area contributed by atoms with Gasteiger partial charge in [0.25, 0.3) is 0 Å². The number of aromatic nitrogens is 2. The molecule has 0 saturated carbocycles. The smallest absolute Gasteiger partial charge is 0.426 e.